The molecule has 2 N–H and O–H groups in total. The molecule has 2 aromatic rings. The Hall–Kier alpha value is -1.92. The molecule has 6 nitrogen and oxygen atoms in total. The summed E-state index contributed by atoms with van der Waals surface area (Å²) in [6.07, 6.45) is 4.62. The Morgan fingerprint density at radius 3 is 2.54 bits per heavy atom. The van der Waals surface area contributed by atoms with Crippen molar-refractivity contribution in [1.82, 2.24) is 20.3 Å². The van der Waals surface area contributed by atoms with Gasteiger partial charge in [-0.2, -0.15) is 0 Å². The van der Waals surface area contributed by atoms with Gasteiger partial charge in [0.2, 0.25) is 0 Å². The lowest BCUT2D eigenvalue weighted by atomic mass is 9.98. The van der Waals surface area contributed by atoms with Gasteiger partial charge in [-0.1, -0.05) is 23.7 Å². The normalized spacial score (nSPS) is 27.3. The number of amides is 1. The highest BCUT2D eigenvalue weighted by atomic mass is 35.5. The molecule has 28 heavy (non-hydrogen) atoms. The van der Waals surface area contributed by atoms with Crippen LogP contribution in [0.25, 0.3) is 0 Å². The molecule has 3 atom stereocenters. The highest BCUT2D eigenvalue weighted by Crippen LogP contribution is 2.62. The molecule has 0 spiro atoms. The third-order valence-electron chi connectivity index (χ3n) is 6.36. The van der Waals surface area contributed by atoms with Crippen LogP contribution >= 0.6 is 11.6 Å². The van der Waals surface area contributed by atoms with Crippen molar-refractivity contribution >= 4 is 17.5 Å². The highest BCUT2D eigenvalue weighted by Gasteiger charge is 2.59. The van der Waals surface area contributed by atoms with Crippen LogP contribution in [-0.2, 0) is 5.60 Å². The Morgan fingerprint density at radius 1 is 1.32 bits per heavy atom. The van der Waals surface area contributed by atoms with Gasteiger partial charge in [0, 0.05) is 16.6 Å². The van der Waals surface area contributed by atoms with Crippen molar-refractivity contribution in [2.24, 2.45) is 17.8 Å². The van der Waals surface area contributed by atoms with Crippen LogP contribution in [0.15, 0.2) is 30.5 Å². The SMILES string of the molecule is CCC(NC(=O)c1ccc(Cl)cc1)C1C2CC(n3nncc3C(C)(C)O)CC21. The van der Waals surface area contributed by atoms with Gasteiger partial charge in [0.25, 0.3) is 5.91 Å². The summed E-state index contributed by atoms with van der Waals surface area (Å²) in [5.74, 6) is 1.68. The molecule has 0 radical (unpaired) electrons. The fourth-order valence-corrected chi connectivity index (χ4v) is 5.06. The molecule has 3 unspecified atom stereocenters. The second-order valence-electron chi connectivity index (χ2n) is 8.65. The van der Waals surface area contributed by atoms with Crippen molar-refractivity contribution in [2.45, 2.75) is 57.7 Å². The lowest BCUT2D eigenvalue weighted by Crippen LogP contribution is -2.37. The number of carbonyl (C=O) groups is 1. The Kier molecular flexibility index (Phi) is 4.96. The van der Waals surface area contributed by atoms with Crippen LogP contribution in [-0.4, -0.2) is 32.0 Å². The van der Waals surface area contributed by atoms with Gasteiger partial charge in [0.15, 0.2) is 0 Å². The maximum atomic E-state index is 12.6. The first-order chi connectivity index (χ1) is 13.3. The molecule has 0 aliphatic heterocycles. The van der Waals surface area contributed by atoms with Crippen molar-refractivity contribution in [2.75, 3.05) is 0 Å². The van der Waals surface area contributed by atoms with E-state index in [1.807, 2.05) is 4.68 Å². The van der Waals surface area contributed by atoms with E-state index in [-0.39, 0.29) is 18.0 Å². The predicted octanol–water partition coefficient (Wildman–Crippen LogP) is 3.56. The number of nitrogens with zero attached hydrogens (tertiary/aromatic N) is 3. The van der Waals surface area contributed by atoms with E-state index < -0.39 is 5.60 Å². The molecular weight excluding hydrogens is 376 g/mol. The van der Waals surface area contributed by atoms with Crippen LogP contribution < -0.4 is 5.32 Å². The van der Waals surface area contributed by atoms with Gasteiger partial charge in [0.1, 0.15) is 5.60 Å². The number of carbonyl (C=O) groups excluding carboxylic acids is 1. The van der Waals surface area contributed by atoms with Crippen LogP contribution in [0.4, 0.5) is 0 Å². The molecule has 0 bridgehead atoms. The van der Waals surface area contributed by atoms with E-state index in [1.54, 1.807) is 44.3 Å². The van der Waals surface area contributed by atoms with Crippen LogP contribution in [0.5, 0.6) is 0 Å². The molecule has 2 aliphatic rings. The summed E-state index contributed by atoms with van der Waals surface area (Å²) < 4.78 is 1.90. The largest absolute Gasteiger partial charge is 0.384 e. The minimum absolute atomic E-state index is 0.0365. The molecule has 1 amide bonds. The number of hydrogen-bond acceptors (Lipinski definition) is 4. The molecular formula is C21H27ClN4O2. The minimum atomic E-state index is -0.950. The van der Waals surface area contributed by atoms with E-state index in [2.05, 4.69) is 22.6 Å². The van der Waals surface area contributed by atoms with Gasteiger partial charge in [-0.3, -0.25) is 4.79 Å². The number of benzene rings is 1. The second-order valence-corrected chi connectivity index (χ2v) is 9.08. The van der Waals surface area contributed by atoms with E-state index in [9.17, 15) is 9.90 Å². The van der Waals surface area contributed by atoms with Crippen LogP contribution in [0, 0.1) is 17.8 Å². The lowest BCUT2D eigenvalue weighted by Gasteiger charge is -2.25. The van der Waals surface area contributed by atoms with E-state index in [4.69, 9.17) is 11.6 Å². The average Bonchev–Trinajstić information content (AvgIpc) is 3.05. The number of aliphatic hydroxyl groups is 1. The number of fused-ring (bicyclic) bond motifs is 1. The second kappa shape index (κ2) is 7.16. The van der Waals surface area contributed by atoms with Gasteiger partial charge >= 0.3 is 0 Å². The van der Waals surface area contributed by atoms with E-state index >= 15 is 0 Å². The smallest absolute Gasteiger partial charge is 0.251 e. The summed E-state index contributed by atoms with van der Waals surface area (Å²) in [5.41, 5.74) is 0.455. The van der Waals surface area contributed by atoms with Gasteiger partial charge < -0.3 is 10.4 Å². The number of nitrogens with one attached hydrogen (secondary N) is 1. The average molecular weight is 403 g/mol. The maximum Gasteiger partial charge on any atom is 0.251 e. The Balaban J connectivity index is 1.39. The summed E-state index contributed by atoms with van der Waals surface area (Å²) in [5, 5.41) is 22.4. The molecule has 4 rings (SSSR count). The molecule has 2 saturated carbocycles. The first-order valence-electron chi connectivity index (χ1n) is 9.99. The number of halogens is 1. The summed E-state index contributed by atoms with van der Waals surface area (Å²) in [7, 11) is 0. The van der Waals surface area contributed by atoms with Gasteiger partial charge in [0.05, 0.1) is 17.9 Å². The molecule has 1 aromatic carbocycles. The summed E-state index contributed by atoms with van der Waals surface area (Å²) in [6, 6.07) is 7.47. The van der Waals surface area contributed by atoms with E-state index in [1.165, 1.54) is 0 Å². The van der Waals surface area contributed by atoms with Crippen molar-refractivity contribution in [3.8, 4) is 0 Å². The molecule has 0 saturated heterocycles. The third kappa shape index (κ3) is 3.55. The van der Waals surface area contributed by atoms with Crippen LogP contribution in [0.1, 0.15) is 62.1 Å². The van der Waals surface area contributed by atoms with E-state index in [0.29, 0.717) is 28.3 Å². The minimum Gasteiger partial charge on any atom is -0.384 e. The van der Waals surface area contributed by atoms with Crippen LogP contribution in [0.2, 0.25) is 5.02 Å². The zero-order valence-electron chi connectivity index (χ0n) is 16.5. The summed E-state index contributed by atoms with van der Waals surface area (Å²) >= 11 is 5.91. The predicted molar refractivity (Wildman–Crippen MR) is 107 cm³/mol. The fraction of sp³-hybridized carbons (Fsp3) is 0.571. The van der Waals surface area contributed by atoms with Crippen molar-refractivity contribution in [3.63, 3.8) is 0 Å². The summed E-state index contributed by atoms with van der Waals surface area (Å²) in [4.78, 5) is 12.6. The van der Waals surface area contributed by atoms with Gasteiger partial charge in [-0.05, 0) is 75.1 Å². The molecule has 150 valence electrons. The molecule has 1 heterocycles. The Bertz CT molecular complexity index is 846. The van der Waals surface area contributed by atoms with Crippen molar-refractivity contribution in [3.05, 3.63) is 46.7 Å². The lowest BCUT2D eigenvalue weighted by molar-refractivity contribution is 0.0654. The standard InChI is InChI=1S/C21H27ClN4O2/c1-4-17(24-20(27)12-5-7-13(22)8-6-12)19-15-9-14(10-16(15)19)26-18(11-23-25-26)21(2,3)28/h5-8,11,14-17,19,28H,4,9-10H2,1-3H3,(H,24,27). The first kappa shape index (κ1) is 19.4. The highest BCUT2D eigenvalue weighted by molar-refractivity contribution is 6.30. The monoisotopic (exact) mass is 402 g/mol. The topological polar surface area (TPSA) is 80.0 Å². The molecule has 1 aromatic heterocycles. The molecule has 7 heteroatoms. The fourth-order valence-electron chi connectivity index (χ4n) is 4.93. The van der Waals surface area contributed by atoms with Gasteiger partial charge in [-0.15, -0.1) is 5.10 Å². The Morgan fingerprint density at radius 2 is 1.96 bits per heavy atom. The molecule has 2 fully saturated rings. The quantitative estimate of drug-likeness (QED) is 0.774. The van der Waals surface area contributed by atoms with Gasteiger partial charge in [-0.25, -0.2) is 4.68 Å². The number of rotatable bonds is 6. The first-order valence-corrected chi connectivity index (χ1v) is 10.4. The van der Waals surface area contributed by atoms with Crippen molar-refractivity contribution < 1.29 is 9.90 Å². The zero-order valence-corrected chi connectivity index (χ0v) is 17.2. The number of hydrogen-bond donors (Lipinski definition) is 2. The summed E-state index contributed by atoms with van der Waals surface area (Å²) in [6.45, 7) is 5.66. The Labute approximate surface area is 170 Å². The molecule has 2 aliphatic carbocycles. The third-order valence-corrected chi connectivity index (χ3v) is 6.61. The maximum absolute atomic E-state index is 12.6. The van der Waals surface area contributed by atoms with Crippen molar-refractivity contribution in [1.29, 1.82) is 0 Å². The van der Waals surface area contributed by atoms with Crippen LogP contribution in [0.3, 0.4) is 0 Å². The van der Waals surface area contributed by atoms with E-state index in [0.717, 1.165) is 25.0 Å². The number of aromatic nitrogens is 3. The zero-order chi connectivity index (χ0) is 20.1.